The normalized spacial score (nSPS) is 17.0. The lowest BCUT2D eigenvalue weighted by Crippen LogP contribution is -2.24. The van der Waals surface area contributed by atoms with E-state index in [1.807, 2.05) is 47.3 Å². The summed E-state index contributed by atoms with van der Waals surface area (Å²) in [5.41, 5.74) is 3.96. The third-order valence-corrected chi connectivity index (χ3v) is 4.79. The van der Waals surface area contributed by atoms with Crippen LogP contribution < -0.4 is 4.74 Å². The lowest BCUT2D eigenvalue weighted by atomic mass is 10.1. The summed E-state index contributed by atoms with van der Waals surface area (Å²) < 4.78 is 13.5. The number of nitrogens with zero attached hydrogens (tertiary/aromatic N) is 4. The van der Waals surface area contributed by atoms with Crippen LogP contribution in [0.3, 0.4) is 0 Å². The van der Waals surface area contributed by atoms with E-state index in [4.69, 9.17) is 9.47 Å². The third kappa shape index (κ3) is 4.52. The summed E-state index contributed by atoms with van der Waals surface area (Å²) in [4.78, 5) is 4.28. The highest BCUT2D eigenvalue weighted by Crippen LogP contribution is 2.26. The van der Waals surface area contributed by atoms with E-state index in [9.17, 15) is 0 Å². The molecule has 3 heterocycles. The van der Waals surface area contributed by atoms with Crippen molar-refractivity contribution in [2.75, 3.05) is 6.61 Å². The third-order valence-electron chi connectivity index (χ3n) is 4.79. The Labute approximate surface area is 159 Å². The predicted octanol–water partition coefficient (Wildman–Crippen LogP) is 3.80. The molecule has 0 saturated carbocycles. The van der Waals surface area contributed by atoms with E-state index in [0.717, 1.165) is 54.3 Å². The van der Waals surface area contributed by atoms with Crippen molar-refractivity contribution in [3.8, 4) is 17.0 Å². The molecule has 140 valence electrons. The Morgan fingerprint density at radius 2 is 2.19 bits per heavy atom. The molecule has 1 aliphatic rings. The van der Waals surface area contributed by atoms with Gasteiger partial charge in [-0.15, -0.1) is 5.10 Å². The Morgan fingerprint density at radius 1 is 1.22 bits per heavy atom. The Bertz CT molecular complexity index is 873. The fourth-order valence-corrected chi connectivity index (χ4v) is 3.33. The van der Waals surface area contributed by atoms with Gasteiger partial charge >= 0.3 is 0 Å². The second-order valence-electron chi connectivity index (χ2n) is 6.90. The molecule has 0 radical (unpaired) electrons. The predicted molar refractivity (Wildman–Crippen MR) is 102 cm³/mol. The second-order valence-corrected chi connectivity index (χ2v) is 6.90. The molecule has 2 aromatic heterocycles. The largest absolute Gasteiger partial charge is 0.487 e. The Balaban J connectivity index is 1.41. The average Bonchev–Trinajstić information content (AvgIpc) is 3.16. The van der Waals surface area contributed by atoms with Gasteiger partial charge in [0, 0.05) is 18.4 Å². The van der Waals surface area contributed by atoms with Crippen molar-refractivity contribution in [3.63, 3.8) is 0 Å². The van der Waals surface area contributed by atoms with Crippen LogP contribution in [-0.4, -0.2) is 32.7 Å². The summed E-state index contributed by atoms with van der Waals surface area (Å²) in [5, 5.41) is 8.62. The smallest absolute Gasteiger partial charge is 0.130 e. The Hall–Kier alpha value is -2.73. The maximum atomic E-state index is 5.85. The number of hydrogen-bond acceptors (Lipinski definition) is 5. The van der Waals surface area contributed by atoms with Gasteiger partial charge in [-0.1, -0.05) is 11.3 Å². The molecule has 1 atom stereocenters. The second kappa shape index (κ2) is 8.31. The van der Waals surface area contributed by atoms with E-state index in [-0.39, 0.29) is 6.10 Å². The van der Waals surface area contributed by atoms with Crippen LogP contribution in [0.5, 0.6) is 5.75 Å². The number of hydrogen-bond donors (Lipinski definition) is 0. The number of aryl methyl sites for hydroxylation is 1. The molecular formula is C21H24N4O2. The molecule has 0 bridgehead atoms. The first-order valence-electron chi connectivity index (χ1n) is 9.43. The van der Waals surface area contributed by atoms with E-state index in [1.165, 1.54) is 6.42 Å². The van der Waals surface area contributed by atoms with Crippen LogP contribution in [0.15, 0.2) is 48.8 Å². The van der Waals surface area contributed by atoms with E-state index in [1.54, 1.807) is 6.20 Å². The summed E-state index contributed by atoms with van der Waals surface area (Å²) in [6, 6.07) is 11.8. The summed E-state index contributed by atoms with van der Waals surface area (Å²) in [7, 11) is 0. The van der Waals surface area contributed by atoms with E-state index in [2.05, 4.69) is 22.2 Å². The van der Waals surface area contributed by atoms with Crippen LogP contribution in [0.1, 0.15) is 30.5 Å². The molecule has 0 N–H and O–H groups in total. The molecule has 1 saturated heterocycles. The lowest BCUT2D eigenvalue weighted by molar-refractivity contribution is 0.00370. The van der Waals surface area contributed by atoms with Crippen molar-refractivity contribution in [3.05, 3.63) is 60.0 Å². The quantitative estimate of drug-likeness (QED) is 0.666. The van der Waals surface area contributed by atoms with Gasteiger partial charge in [-0.05, 0) is 62.1 Å². The first kappa shape index (κ1) is 17.7. The summed E-state index contributed by atoms with van der Waals surface area (Å²) in [6.07, 6.45) is 7.50. The number of aromatic nitrogens is 4. The van der Waals surface area contributed by atoms with Gasteiger partial charge < -0.3 is 9.47 Å². The Kier molecular flexibility index (Phi) is 5.44. The van der Waals surface area contributed by atoms with Crippen molar-refractivity contribution in [1.82, 2.24) is 20.0 Å². The molecule has 1 aliphatic heterocycles. The first-order chi connectivity index (χ1) is 13.3. The molecule has 6 heteroatoms. The van der Waals surface area contributed by atoms with Crippen molar-refractivity contribution >= 4 is 0 Å². The fraction of sp³-hybridized carbons (Fsp3) is 0.381. The van der Waals surface area contributed by atoms with Crippen LogP contribution in [0.25, 0.3) is 11.3 Å². The molecule has 3 aromatic rings. The minimum Gasteiger partial charge on any atom is -0.487 e. The molecule has 6 nitrogen and oxygen atoms in total. The van der Waals surface area contributed by atoms with Crippen LogP contribution in [0.4, 0.5) is 0 Å². The van der Waals surface area contributed by atoms with Crippen molar-refractivity contribution in [2.45, 2.75) is 45.4 Å². The van der Waals surface area contributed by atoms with Crippen LogP contribution in [-0.2, 0) is 17.9 Å². The van der Waals surface area contributed by atoms with Crippen molar-refractivity contribution < 1.29 is 9.47 Å². The number of rotatable bonds is 6. The zero-order chi connectivity index (χ0) is 18.5. The summed E-state index contributed by atoms with van der Waals surface area (Å²) in [6.45, 7) is 4.13. The van der Waals surface area contributed by atoms with E-state index < -0.39 is 0 Å². The van der Waals surface area contributed by atoms with Gasteiger partial charge in [-0.25, -0.2) is 4.68 Å². The monoisotopic (exact) mass is 364 g/mol. The highest BCUT2D eigenvalue weighted by atomic mass is 16.5. The minimum atomic E-state index is 0.247. The standard InChI is InChI=1S/C21H24N4O2/c1-16-12-18(27-15-17-6-2-4-10-22-17)8-9-20(16)21-14-25(24-23-21)13-19-7-3-5-11-26-19/h2,4,6,8-10,12,14,19H,3,5,7,11,13,15H2,1H3. The van der Waals surface area contributed by atoms with Gasteiger partial charge in [0.05, 0.1) is 24.5 Å². The topological polar surface area (TPSA) is 62.1 Å². The minimum absolute atomic E-state index is 0.247. The number of benzene rings is 1. The maximum Gasteiger partial charge on any atom is 0.130 e. The van der Waals surface area contributed by atoms with Crippen molar-refractivity contribution in [1.29, 1.82) is 0 Å². The van der Waals surface area contributed by atoms with E-state index in [0.29, 0.717) is 6.61 Å². The SMILES string of the molecule is Cc1cc(OCc2ccccn2)ccc1-c1cn(CC2CCCCO2)nn1. The molecule has 1 unspecified atom stereocenters. The fourth-order valence-electron chi connectivity index (χ4n) is 3.33. The molecule has 27 heavy (non-hydrogen) atoms. The molecule has 4 rings (SSSR count). The first-order valence-corrected chi connectivity index (χ1v) is 9.43. The van der Waals surface area contributed by atoms with Crippen LogP contribution in [0, 0.1) is 6.92 Å². The van der Waals surface area contributed by atoms with Gasteiger partial charge in [-0.2, -0.15) is 0 Å². The molecule has 0 aliphatic carbocycles. The summed E-state index contributed by atoms with van der Waals surface area (Å²) >= 11 is 0. The highest BCUT2D eigenvalue weighted by molar-refractivity contribution is 5.63. The van der Waals surface area contributed by atoms with E-state index >= 15 is 0 Å². The molecule has 1 aromatic carbocycles. The number of ether oxygens (including phenoxy) is 2. The van der Waals surface area contributed by atoms with Gasteiger partial charge in [0.25, 0.3) is 0 Å². The maximum absolute atomic E-state index is 5.85. The van der Waals surface area contributed by atoms with Gasteiger partial charge in [0.1, 0.15) is 18.1 Å². The van der Waals surface area contributed by atoms with Gasteiger partial charge in [-0.3, -0.25) is 4.98 Å². The van der Waals surface area contributed by atoms with Gasteiger partial charge in [0.2, 0.25) is 0 Å². The zero-order valence-corrected chi connectivity index (χ0v) is 15.5. The molecule has 0 spiro atoms. The molecule has 0 amide bonds. The Morgan fingerprint density at radius 3 is 2.96 bits per heavy atom. The number of pyridine rings is 1. The average molecular weight is 364 g/mol. The van der Waals surface area contributed by atoms with Gasteiger partial charge in [0.15, 0.2) is 0 Å². The lowest BCUT2D eigenvalue weighted by Gasteiger charge is -2.21. The highest BCUT2D eigenvalue weighted by Gasteiger charge is 2.16. The van der Waals surface area contributed by atoms with Crippen LogP contribution in [0.2, 0.25) is 0 Å². The molecule has 1 fully saturated rings. The molecular weight excluding hydrogens is 340 g/mol. The summed E-state index contributed by atoms with van der Waals surface area (Å²) in [5.74, 6) is 0.824. The zero-order valence-electron chi connectivity index (χ0n) is 15.5. The van der Waals surface area contributed by atoms with Crippen LogP contribution >= 0.6 is 0 Å². The van der Waals surface area contributed by atoms with Crippen molar-refractivity contribution in [2.24, 2.45) is 0 Å².